The molecule has 4 nitrogen and oxygen atoms in total. The number of aryl methyl sites for hydroxylation is 1. The highest BCUT2D eigenvalue weighted by atomic mass is 16.4. The SMILES string of the molecule is C/C(=C\c1cc(C=O)cn1C)C(=O)O. The third-order valence-corrected chi connectivity index (χ3v) is 1.90. The molecular weight excluding hydrogens is 182 g/mol. The van der Waals surface area contributed by atoms with Crippen LogP contribution in [0.2, 0.25) is 0 Å². The largest absolute Gasteiger partial charge is 0.478 e. The fourth-order valence-corrected chi connectivity index (χ4v) is 1.10. The lowest BCUT2D eigenvalue weighted by Crippen LogP contribution is -1.97. The Morgan fingerprint density at radius 1 is 1.57 bits per heavy atom. The van der Waals surface area contributed by atoms with Gasteiger partial charge in [0.05, 0.1) is 0 Å². The molecule has 1 aromatic rings. The van der Waals surface area contributed by atoms with Gasteiger partial charge in [0.1, 0.15) is 0 Å². The molecule has 0 amide bonds. The lowest BCUT2D eigenvalue weighted by atomic mass is 10.2. The fraction of sp³-hybridized carbons (Fsp3) is 0.200. The quantitative estimate of drug-likeness (QED) is 0.581. The number of hydrogen-bond acceptors (Lipinski definition) is 2. The summed E-state index contributed by atoms with van der Waals surface area (Å²) in [5.41, 5.74) is 1.48. The van der Waals surface area contributed by atoms with Gasteiger partial charge in [-0.05, 0) is 19.1 Å². The summed E-state index contributed by atoms with van der Waals surface area (Å²) in [7, 11) is 1.76. The predicted octanol–water partition coefficient (Wildman–Crippen LogP) is 1.33. The van der Waals surface area contributed by atoms with Crippen LogP contribution in [0.3, 0.4) is 0 Å². The van der Waals surface area contributed by atoms with Gasteiger partial charge < -0.3 is 9.67 Å². The molecular formula is C10H11NO3. The van der Waals surface area contributed by atoms with Crippen LogP contribution in [0.15, 0.2) is 17.8 Å². The number of carbonyl (C=O) groups is 2. The van der Waals surface area contributed by atoms with E-state index in [0.717, 1.165) is 6.29 Å². The lowest BCUT2D eigenvalue weighted by Gasteiger charge is -1.96. The summed E-state index contributed by atoms with van der Waals surface area (Å²) in [6.45, 7) is 1.51. The molecule has 0 aromatic carbocycles. The van der Waals surface area contributed by atoms with Gasteiger partial charge in [0.2, 0.25) is 0 Å². The summed E-state index contributed by atoms with van der Waals surface area (Å²) in [6.07, 6.45) is 3.90. The maximum absolute atomic E-state index is 10.5. The average molecular weight is 193 g/mol. The van der Waals surface area contributed by atoms with Crippen molar-refractivity contribution in [2.75, 3.05) is 0 Å². The van der Waals surface area contributed by atoms with Crippen molar-refractivity contribution in [1.82, 2.24) is 4.57 Å². The Morgan fingerprint density at radius 2 is 2.21 bits per heavy atom. The van der Waals surface area contributed by atoms with E-state index in [1.165, 1.54) is 13.0 Å². The second kappa shape index (κ2) is 3.91. The Morgan fingerprint density at radius 3 is 2.64 bits per heavy atom. The molecule has 0 aliphatic carbocycles. The molecule has 1 N–H and O–H groups in total. The van der Waals surface area contributed by atoms with E-state index in [1.807, 2.05) is 0 Å². The number of carbonyl (C=O) groups excluding carboxylic acids is 1. The van der Waals surface area contributed by atoms with Crippen LogP contribution in [-0.2, 0) is 11.8 Å². The molecule has 0 aliphatic heterocycles. The first kappa shape index (κ1) is 10.2. The molecule has 4 heteroatoms. The van der Waals surface area contributed by atoms with Crippen molar-refractivity contribution < 1.29 is 14.7 Å². The lowest BCUT2D eigenvalue weighted by molar-refractivity contribution is -0.132. The molecule has 1 rings (SSSR count). The summed E-state index contributed by atoms with van der Waals surface area (Å²) in [5, 5.41) is 8.65. The standard InChI is InChI=1S/C10H11NO3/c1-7(10(13)14)3-9-4-8(6-12)5-11(9)2/h3-6H,1-2H3,(H,13,14)/b7-3+. The average Bonchev–Trinajstić information content (AvgIpc) is 2.47. The highest BCUT2D eigenvalue weighted by Crippen LogP contribution is 2.10. The van der Waals surface area contributed by atoms with Gasteiger partial charge in [-0.3, -0.25) is 4.79 Å². The molecule has 0 aliphatic rings. The maximum atomic E-state index is 10.5. The van der Waals surface area contributed by atoms with Crippen LogP contribution in [0.5, 0.6) is 0 Å². The van der Waals surface area contributed by atoms with Crippen LogP contribution < -0.4 is 0 Å². The van der Waals surface area contributed by atoms with E-state index in [4.69, 9.17) is 5.11 Å². The molecule has 0 fully saturated rings. The van der Waals surface area contributed by atoms with Crippen molar-refractivity contribution in [2.45, 2.75) is 6.92 Å². The molecule has 0 atom stereocenters. The van der Waals surface area contributed by atoms with Crippen molar-refractivity contribution in [1.29, 1.82) is 0 Å². The van der Waals surface area contributed by atoms with E-state index in [-0.39, 0.29) is 5.57 Å². The second-order valence-electron chi connectivity index (χ2n) is 3.06. The summed E-state index contributed by atoms with van der Waals surface area (Å²) in [5.74, 6) is -0.959. The first-order valence-corrected chi connectivity index (χ1v) is 4.07. The number of nitrogens with zero attached hydrogens (tertiary/aromatic N) is 1. The first-order valence-electron chi connectivity index (χ1n) is 4.07. The Balaban J connectivity index is 3.07. The number of aromatic nitrogens is 1. The Kier molecular flexibility index (Phi) is 2.86. The van der Waals surface area contributed by atoms with Crippen LogP contribution in [0.1, 0.15) is 23.0 Å². The second-order valence-corrected chi connectivity index (χ2v) is 3.06. The molecule has 0 radical (unpaired) electrons. The van der Waals surface area contributed by atoms with Crippen LogP contribution >= 0.6 is 0 Å². The molecule has 0 unspecified atom stereocenters. The summed E-state index contributed by atoms with van der Waals surface area (Å²) >= 11 is 0. The monoisotopic (exact) mass is 193 g/mol. The Hall–Kier alpha value is -1.84. The highest BCUT2D eigenvalue weighted by molar-refractivity contribution is 5.91. The minimum atomic E-state index is -0.959. The van der Waals surface area contributed by atoms with Gasteiger partial charge in [0.25, 0.3) is 0 Å². The number of carboxylic acid groups (broad SMARTS) is 1. The molecule has 0 saturated carbocycles. The smallest absolute Gasteiger partial charge is 0.331 e. The molecule has 74 valence electrons. The van der Waals surface area contributed by atoms with Crippen molar-refractivity contribution in [3.63, 3.8) is 0 Å². The van der Waals surface area contributed by atoms with Crippen LogP contribution in [0.4, 0.5) is 0 Å². The van der Waals surface area contributed by atoms with Crippen LogP contribution in [0, 0.1) is 0 Å². The van der Waals surface area contributed by atoms with Gasteiger partial charge in [0.15, 0.2) is 6.29 Å². The van der Waals surface area contributed by atoms with Gasteiger partial charge in [-0.25, -0.2) is 4.79 Å². The normalized spacial score (nSPS) is 11.4. The zero-order valence-corrected chi connectivity index (χ0v) is 8.02. The number of rotatable bonds is 3. The highest BCUT2D eigenvalue weighted by Gasteiger charge is 2.03. The predicted molar refractivity (Wildman–Crippen MR) is 52.1 cm³/mol. The van der Waals surface area contributed by atoms with Crippen LogP contribution in [0.25, 0.3) is 6.08 Å². The topological polar surface area (TPSA) is 59.3 Å². The molecule has 14 heavy (non-hydrogen) atoms. The van der Waals surface area contributed by atoms with E-state index in [9.17, 15) is 9.59 Å². The van der Waals surface area contributed by atoms with E-state index in [1.54, 1.807) is 23.9 Å². The Bertz CT molecular complexity index is 401. The molecule has 0 bridgehead atoms. The van der Waals surface area contributed by atoms with E-state index in [0.29, 0.717) is 11.3 Å². The van der Waals surface area contributed by atoms with E-state index >= 15 is 0 Å². The van der Waals surface area contributed by atoms with Crippen molar-refractivity contribution >= 4 is 18.3 Å². The van der Waals surface area contributed by atoms with Crippen molar-refractivity contribution in [2.24, 2.45) is 7.05 Å². The number of hydrogen-bond donors (Lipinski definition) is 1. The molecule has 0 spiro atoms. The minimum Gasteiger partial charge on any atom is -0.478 e. The minimum absolute atomic E-state index is 0.239. The van der Waals surface area contributed by atoms with Gasteiger partial charge >= 0.3 is 5.97 Å². The molecule has 0 saturated heterocycles. The fourth-order valence-electron chi connectivity index (χ4n) is 1.10. The maximum Gasteiger partial charge on any atom is 0.331 e. The number of carboxylic acids is 1. The van der Waals surface area contributed by atoms with Crippen LogP contribution in [-0.4, -0.2) is 21.9 Å². The van der Waals surface area contributed by atoms with Gasteiger partial charge in [0, 0.05) is 30.1 Å². The molecule has 1 aromatic heterocycles. The van der Waals surface area contributed by atoms with Crippen molar-refractivity contribution in [3.05, 3.63) is 29.1 Å². The zero-order chi connectivity index (χ0) is 10.7. The third-order valence-electron chi connectivity index (χ3n) is 1.90. The summed E-state index contributed by atoms with van der Waals surface area (Å²) < 4.78 is 1.70. The molecule has 1 heterocycles. The zero-order valence-electron chi connectivity index (χ0n) is 8.02. The first-order chi connectivity index (χ1) is 6.54. The summed E-state index contributed by atoms with van der Waals surface area (Å²) in [6, 6.07) is 1.64. The third kappa shape index (κ3) is 2.10. The number of aldehydes is 1. The van der Waals surface area contributed by atoms with E-state index in [2.05, 4.69) is 0 Å². The number of aliphatic carboxylic acids is 1. The van der Waals surface area contributed by atoms with Crippen molar-refractivity contribution in [3.8, 4) is 0 Å². The van der Waals surface area contributed by atoms with Gasteiger partial charge in [-0.1, -0.05) is 0 Å². The van der Waals surface area contributed by atoms with E-state index < -0.39 is 5.97 Å². The van der Waals surface area contributed by atoms with Gasteiger partial charge in [-0.15, -0.1) is 0 Å². The Labute approximate surface area is 81.5 Å². The summed E-state index contributed by atoms with van der Waals surface area (Å²) in [4.78, 5) is 21.0. The van der Waals surface area contributed by atoms with Gasteiger partial charge in [-0.2, -0.15) is 0 Å².